The maximum atomic E-state index is 3.62. The van der Waals surface area contributed by atoms with Gasteiger partial charge in [0.15, 0.2) is 0 Å². The van der Waals surface area contributed by atoms with Crippen molar-refractivity contribution in [1.82, 2.24) is 0 Å². The number of rotatable bonds is 8. The smallest absolute Gasteiger partial charge is 0.102 e. The summed E-state index contributed by atoms with van der Waals surface area (Å²) in [6.45, 7) is 7.02. The van der Waals surface area contributed by atoms with Crippen molar-refractivity contribution in [3.05, 3.63) is 24.3 Å². The van der Waals surface area contributed by atoms with Crippen LogP contribution in [-0.4, -0.2) is 6.17 Å². The first-order valence-corrected chi connectivity index (χ1v) is 8.25. The summed E-state index contributed by atoms with van der Waals surface area (Å²) in [6.07, 6.45) is 9.88. The second-order valence-corrected chi connectivity index (χ2v) is 6.77. The lowest BCUT2D eigenvalue weighted by molar-refractivity contribution is 0.289. The highest BCUT2D eigenvalue weighted by molar-refractivity contribution is 5.74. The van der Waals surface area contributed by atoms with Gasteiger partial charge in [-0.25, -0.2) is 0 Å². The molecule has 20 heavy (non-hydrogen) atoms. The lowest BCUT2D eigenvalue weighted by Gasteiger charge is -2.32. The minimum absolute atomic E-state index is 0.282. The molecule has 0 aliphatic carbocycles. The van der Waals surface area contributed by atoms with Gasteiger partial charge in [-0.15, -0.1) is 0 Å². The highest BCUT2D eigenvalue weighted by Gasteiger charge is 2.33. The zero-order chi connectivity index (χ0) is 14.4. The predicted molar refractivity (Wildman–Crippen MR) is 89.2 cm³/mol. The summed E-state index contributed by atoms with van der Waals surface area (Å²) in [4.78, 5) is 0. The van der Waals surface area contributed by atoms with Crippen LogP contribution in [0.15, 0.2) is 24.3 Å². The highest BCUT2D eigenvalue weighted by Crippen LogP contribution is 2.38. The molecule has 0 atom stereocenters. The molecule has 1 aliphatic rings. The molecule has 2 N–H and O–H groups in total. The second kappa shape index (κ2) is 7.01. The number of unbranched alkanes of at least 4 members (excludes halogenated alkanes) is 5. The summed E-state index contributed by atoms with van der Waals surface area (Å²) in [6, 6.07) is 8.50. The minimum atomic E-state index is 0.282. The van der Waals surface area contributed by atoms with Crippen LogP contribution in [0.4, 0.5) is 11.4 Å². The van der Waals surface area contributed by atoms with Gasteiger partial charge < -0.3 is 10.6 Å². The SMILES string of the molecule is CCCCCCCCC(C)(C)C1Nc2ccccc2N1. The molecule has 2 nitrogen and oxygen atoms in total. The van der Waals surface area contributed by atoms with Crippen LogP contribution in [0, 0.1) is 5.41 Å². The monoisotopic (exact) mass is 274 g/mol. The molecule has 112 valence electrons. The fourth-order valence-corrected chi connectivity index (χ4v) is 2.98. The van der Waals surface area contributed by atoms with Gasteiger partial charge in [-0.1, -0.05) is 71.4 Å². The Hall–Kier alpha value is -1.18. The fourth-order valence-electron chi connectivity index (χ4n) is 2.98. The Morgan fingerprint density at radius 1 is 0.900 bits per heavy atom. The molecule has 0 saturated heterocycles. The first kappa shape index (κ1) is 15.2. The third-order valence-electron chi connectivity index (χ3n) is 4.48. The van der Waals surface area contributed by atoms with Crippen molar-refractivity contribution in [2.45, 2.75) is 71.9 Å². The molecule has 0 aromatic heterocycles. The van der Waals surface area contributed by atoms with E-state index in [1.54, 1.807) is 0 Å². The summed E-state index contributed by atoms with van der Waals surface area (Å²) >= 11 is 0. The van der Waals surface area contributed by atoms with Crippen LogP contribution in [0.1, 0.15) is 65.7 Å². The molecule has 0 radical (unpaired) electrons. The van der Waals surface area contributed by atoms with Crippen LogP contribution in [0.3, 0.4) is 0 Å². The fraction of sp³-hybridized carbons (Fsp3) is 0.667. The van der Waals surface area contributed by atoms with E-state index < -0.39 is 0 Å². The quantitative estimate of drug-likeness (QED) is 0.600. The molecule has 0 saturated carbocycles. The third kappa shape index (κ3) is 3.91. The van der Waals surface area contributed by atoms with Crippen LogP contribution in [0.5, 0.6) is 0 Å². The topological polar surface area (TPSA) is 24.1 Å². The summed E-state index contributed by atoms with van der Waals surface area (Å²) in [7, 11) is 0. The Bertz CT molecular complexity index is 387. The number of hydrogen-bond acceptors (Lipinski definition) is 2. The van der Waals surface area contributed by atoms with Crippen LogP contribution in [0.2, 0.25) is 0 Å². The molecule has 1 aromatic carbocycles. The summed E-state index contributed by atoms with van der Waals surface area (Å²) in [5.41, 5.74) is 2.77. The van der Waals surface area contributed by atoms with E-state index in [1.807, 2.05) is 0 Å². The van der Waals surface area contributed by atoms with Crippen molar-refractivity contribution in [3.8, 4) is 0 Å². The van der Waals surface area contributed by atoms with E-state index in [9.17, 15) is 0 Å². The maximum Gasteiger partial charge on any atom is 0.102 e. The van der Waals surface area contributed by atoms with Crippen LogP contribution in [-0.2, 0) is 0 Å². The van der Waals surface area contributed by atoms with Gasteiger partial charge in [0.1, 0.15) is 6.17 Å². The lowest BCUT2D eigenvalue weighted by atomic mass is 9.83. The normalized spacial score (nSPS) is 14.8. The van der Waals surface area contributed by atoms with Crippen molar-refractivity contribution in [2.75, 3.05) is 10.6 Å². The Morgan fingerprint density at radius 3 is 2.05 bits per heavy atom. The number of hydrogen-bond donors (Lipinski definition) is 2. The highest BCUT2D eigenvalue weighted by atomic mass is 15.2. The molecule has 0 bridgehead atoms. The van der Waals surface area contributed by atoms with Gasteiger partial charge in [-0.2, -0.15) is 0 Å². The Labute approximate surface area is 124 Å². The van der Waals surface area contributed by atoms with E-state index in [0.29, 0.717) is 6.17 Å². The minimum Gasteiger partial charge on any atom is -0.363 e. The summed E-state index contributed by atoms with van der Waals surface area (Å²) in [5, 5.41) is 7.25. The molecule has 1 aromatic rings. The molecule has 0 fully saturated rings. The van der Waals surface area contributed by atoms with Crippen molar-refractivity contribution >= 4 is 11.4 Å². The molecule has 2 heteroatoms. The van der Waals surface area contributed by atoms with Gasteiger partial charge in [-0.05, 0) is 18.6 Å². The Morgan fingerprint density at radius 2 is 1.45 bits per heavy atom. The standard InChI is InChI=1S/C18H30N2/c1-4-5-6-7-8-11-14-18(2,3)17-19-15-12-9-10-13-16(15)20-17/h9-10,12-13,17,19-20H,4-8,11,14H2,1-3H3. The molecule has 1 heterocycles. The van der Waals surface area contributed by atoms with Crippen molar-refractivity contribution < 1.29 is 0 Å². The summed E-state index contributed by atoms with van der Waals surface area (Å²) < 4.78 is 0. The van der Waals surface area contributed by atoms with E-state index in [1.165, 1.54) is 56.3 Å². The molecule has 0 unspecified atom stereocenters. The lowest BCUT2D eigenvalue weighted by Crippen LogP contribution is -2.38. The summed E-state index contributed by atoms with van der Waals surface area (Å²) in [5.74, 6) is 0. The van der Waals surface area contributed by atoms with Gasteiger partial charge in [0.05, 0.1) is 11.4 Å². The van der Waals surface area contributed by atoms with E-state index in [0.717, 1.165) is 0 Å². The molecule has 1 aliphatic heterocycles. The Kier molecular flexibility index (Phi) is 5.33. The van der Waals surface area contributed by atoms with Gasteiger partial charge in [-0.3, -0.25) is 0 Å². The first-order chi connectivity index (χ1) is 9.63. The molecule has 0 amide bonds. The average molecular weight is 274 g/mol. The number of nitrogens with one attached hydrogen (secondary N) is 2. The molecule has 0 spiro atoms. The molecular weight excluding hydrogens is 244 g/mol. The van der Waals surface area contributed by atoms with Crippen LogP contribution >= 0.6 is 0 Å². The maximum absolute atomic E-state index is 3.62. The second-order valence-electron chi connectivity index (χ2n) is 6.77. The molecular formula is C18H30N2. The van der Waals surface area contributed by atoms with Gasteiger partial charge in [0, 0.05) is 5.41 Å². The zero-order valence-electron chi connectivity index (χ0n) is 13.3. The third-order valence-corrected chi connectivity index (χ3v) is 4.48. The van der Waals surface area contributed by atoms with E-state index in [2.05, 4.69) is 55.7 Å². The molecule has 2 rings (SSSR count). The zero-order valence-corrected chi connectivity index (χ0v) is 13.3. The van der Waals surface area contributed by atoms with Gasteiger partial charge in [0.25, 0.3) is 0 Å². The van der Waals surface area contributed by atoms with Crippen LogP contribution < -0.4 is 10.6 Å². The number of anilines is 2. The van der Waals surface area contributed by atoms with Gasteiger partial charge >= 0.3 is 0 Å². The van der Waals surface area contributed by atoms with E-state index in [4.69, 9.17) is 0 Å². The number of fused-ring (bicyclic) bond motifs is 1. The van der Waals surface area contributed by atoms with Crippen molar-refractivity contribution in [1.29, 1.82) is 0 Å². The van der Waals surface area contributed by atoms with Crippen molar-refractivity contribution in [3.63, 3.8) is 0 Å². The van der Waals surface area contributed by atoms with Gasteiger partial charge in [0.2, 0.25) is 0 Å². The van der Waals surface area contributed by atoms with E-state index >= 15 is 0 Å². The predicted octanol–water partition coefficient (Wildman–Crippen LogP) is 5.63. The number of benzene rings is 1. The van der Waals surface area contributed by atoms with Crippen LogP contribution in [0.25, 0.3) is 0 Å². The number of para-hydroxylation sites is 2. The van der Waals surface area contributed by atoms with E-state index in [-0.39, 0.29) is 5.41 Å². The Balaban J connectivity index is 1.75. The van der Waals surface area contributed by atoms with Crippen molar-refractivity contribution in [2.24, 2.45) is 5.41 Å². The first-order valence-electron chi connectivity index (χ1n) is 8.25. The average Bonchev–Trinajstić information content (AvgIpc) is 2.87. The largest absolute Gasteiger partial charge is 0.363 e.